The lowest BCUT2D eigenvalue weighted by Gasteiger charge is -2.07. The van der Waals surface area contributed by atoms with Crippen LogP contribution in [-0.2, 0) is 10.2 Å². The number of hydrogen-bond acceptors (Lipinski definition) is 1. The van der Waals surface area contributed by atoms with Crippen molar-refractivity contribution >= 4 is 33.8 Å². The SMILES string of the molecule is O=CC1(c2ccc(Cl)c(Br)c2)CC1. The monoisotopic (exact) mass is 258 g/mol. The third-order valence-corrected chi connectivity index (χ3v) is 3.72. The Kier molecular flexibility index (Phi) is 2.20. The van der Waals surface area contributed by atoms with Crippen LogP contribution in [0.2, 0.25) is 5.02 Å². The molecule has 1 nitrogen and oxygen atoms in total. The molecule has 1 aromatic rings. The van der Waals surface area contributed by atoms with Gasteiger partial charge in [0.2, 0.25) is 0 Å². The molecular formula is C10H8BrClO. The first kappa shape index (κ1) is 9.22. The summed E-state index contributed by atoms with van der Waals surface area (Å²) in [4.78, 5) is 10.8. The van der Waals surface area contributed by atoms with E-state index in [9.17, 15) is 4.79 Å². The fourth-order valence-electron chi connectivity index (χ4n) is 1.42. The molecule has 0 radical (unpaired) electrons. The van der Waals surface area contributed by atoms with Gasteiger partial charge in [0.15, 0.2) is 0 Å². The Hall–Kier alpha value is -0.340. The topological polar surface area (TPSA) is 17.1 Å². The minimum atomic E-state index is -0.201. The summed E-state index contributed by atoms with van der Waals surface area (Å²) >= 11 is 9.21. The number of hydrogen-bond donors (Lipinski definition) is 0. The Balaban J connectivity index is 2.42. The van der Waals surface area contributed by atoms with E-state index < -0.39 is 0 Å². The van der Waals surface area contributed by atoms with Crippen molar-refractivity contribution in [3.63, 3.8) is 0 Å². The summed E-state index contributed by atoms with van der Waals surface area (Å²) in [5.74, 6) is 0. The van der Waals surface area contributed by atoms with Gasteiger partial charge >= 0.3 is 0 Å². The highest BCUT2D eigenvalue weighted by Crippen LogP contribution is 2.47. The van der Waals surface area contributed by atoms with Crippen molar-refractivity contribution in [2.75, 3.05) is 0 Å². The van der Waals surface area contributed by atoms with Gasteiger partial charge in [0.25, 0.3) is 0 Å². The van der Waals surface area contributed by atoms with Crippen molar-refractivity contribution < 1.29 is 4.79 Å². The van der Waals surface area contributed by atoms with Crippen molar-refractivity contribution in [1.29, 1.82) is 0 Å². The molecule has 68 valence electrons. The molecule has 1 aromatic carbocycles. The second kappa shape index (κ2) is 3.10. The van der Waals surface area contributed by atoms with E-state index in [0.29, 0.717) is 5.02 Å². The molecule has 0 saturated heterocycles. The Morgan fingerprint density at radius 3 is 2.62 bits per heavy atom. The van der Waals surface area contributed by atoms with E-state index >= 15 is 0 Å². The average molecular weight is 260 g/mol. The van der Waals surface area contributed by atoms with Gasteiger partial charge in [-0.25, -0.2) is 0 Å². The predicted octanol–water partition coefficient (Wildman–Crippen LogP) is 3.33. The van der Waals surface area contributed by atoms with E-state index in [1.54, 1.807) is 0 Å². The Morgan fingerprint density at radius 2 is 2.15 bits per heavy atom. The molecule has 0 bridgehead atoms. The van der Waals surface area contributed by atoms with Gasteiger partial charge < -0.3 is 4.79 Å². The van der Waals surface area contributed by atoms with E-state index in [1.165, 1.54) is 0 Å². The molecule has 13 heavy (non-hydrogen) atoms. The maximum Gasteiger partial charge on any atom is 0.130 e. The number of halogens is 2. The summed E-state index contributed by atoms with van der Waals surface area (Å²) in [7, 11) is 0. The molecule has 0 heterocycles. The number of carbonyl (C=O) groups is 1. The Bertz CT molecular complexity index is 358. The summed E-state index contributed by atoms with van der Waals surface area (Å²) in [5, 5.41) is 0.686. The van der Waals surface area contributed by atoms with E-state index in [-0.39, 0.29) is 5.41 Å². The Morgan fingerprint density at radius 1 is 1.46 bits per heavy atom. The lowest BCUT2D eigenvalue weighted by molar-refractivity contribution is -0.109. The van der Waals surface area contributed by atoms with E-state index in [4.69, 9.17) is 11.6 Å². The zero-order valence-corrected chi connectivity index (χ0v) is 9.23. The van der Waals surface area contributed by atoms with Crippen molar-refractivity contribution in [3.8, 4) is 0 Å². The van der Waals surface area contributed by atoms with Crippen LogP contribution in [0.25, 0.3) is 0 Å². The highest BCUT2D eigenvalue weighted by atomic mass is 79.9. The molecule has 1 aliphatic rings. The highest BCUT2D eigenvalue weighted by molar-refractivity contribution is 9.10. The molecule has 0 atom stereocenters. The predicted molar refractivity (Wildman–Crippen MR) is 56.1 cm³/mol. The van der Waals surface area contributed by atoms with Crippen molar-refractivity contribution in [2.45, 2.75) is 18.3 Å². The minimum Gasteiger partial charge on any atom is -0.302 e. The van der Waals surface area contributed by atoms with Gasteiger partial charge in [-0.3, -0.25) is 0 Å². The van der Waals surface area contributed by atoms with Gasteiger partial charge in [0.05, 0.1) is 10.4 Å². The molecule has 0 aromatic heterocycles. The molecule has 0 amide bonds. The van der Waals surface area contributed by atoms with Crippen LogP contribution in [0.3, 0.4) is 0 Å². The first-order chi connectivity index (χ1) is 6.18. The van der Waals surface area contributed by atoms with Crippen LogP contribution in [0.5, 0.6) is 0 Å². The molecule has 0 N–H and O–H groups in total. The molecule has 2 rings (SSSR count). The standard InChI is InChI=1S/C10H8BrClO/c11-8-5-7(1-2-9(8)12)10(6-13)3-4-10/h1-2,5-6H,3-4H2. The third kappa shape index (κ3) is 1.53. The molecule has 1 fully saturated rings. The molecule has 0 aliphatic heterocycles. The van der Waals surface area contributed by atoms with Crippen molar-refractivity contribution in [3.05, 3.63) is 33.3 Å². The molecule has 3 heteroatoms. The van der Waals surface area contributed by atoms with Crippen LogP contribution in [0.4, 0.5) is 0 Å². The first-order valence-corrected chi connectivity index (χ1v) is 5.27. The average Bonchev–Trinajstić information content (AvgIpc) is 2.90. The molecular weight excluding hydrogens is 251 g/mol. The fourth-order valence-corrected chi connectivity index (χ4v) is 1.91. The van der Waals surface area contributed by atoms with Gasteiger partial charge in [-0.1, -0.05) is 17.7 Å². The van der Waals surface area contributed by atoms with Gasteiger partial charge in [0.1, 0.15) is 6.29 Å². The van der Waals surface area contributed by atoms with E-state index in [0.717, 1.165) is 29.2 Å². The van der Waals surface area contributed by atoms with Gasteiger partial charge in [0, 0.05) is 4.47 Å². The normalized spacial score (nSPS) is 18.3. The van der Waals surface area contributed by atoms with E-state index in [2.05, 4.69) is 15.9 Å². The van der Waals surface area contributed by atoms with Gasteiger partial charge in [-0.05, 0) is 46.5 Å². The summed E-state index contributed by atoms with van der Waals surface area (Å²) in [6, 6.07) is 5.68. The lowest BCUT2D eigenvalue weighted by atomic mass is 9.98. The van der Waals surface area contributed by atoms with Crippen LogP contribution < -0.4 is 0 Å². The van der Waals surface area contributed by atoms with Crippen molar-refractivity contribution in [1.82, 2.24) is 0 Å². The summed E-state index contributed by atoms with van der Waals surface area (Å²) < 4.78 is 0.861. The van der Waals surface area contributed by atoms with Gasteiger partial charge in [-0.2, -0.15) is 0 Å². The Labute approximate surface area is 90.2 Å². The van der Waals surface area contributed by atoms with E-state index in [1.807, 2.05) is 18.2 Å². The highest BCUT2D eigenvalue weighted by Gasteiger charge is 2.44. The van der Waals surface area contributed by atoms with Gasteiger partial charge in [-0.15, -0.1) is 0 Å². The van der Waals surface area contributed by atoms with Crippen LogP contribution in [0.15, 0.2) is 22.7 Å². The molecule has 1 aliphatic carbocycles. The third-order valence-electron chi connectivity index (χ3n) is 2.51. The molecule has 0 unspecified atom stereocenters. The number of rotatable bonds is 2. The van der Waals surface area contributed by atoms with Crippen LogP contribution in [0, 0.1) is 0 Å². The molecule has 0 spiro atoms. The second-order valence-electron chi connectivity index (χ2n) is 3.40. The van der Waals surface area contributed by atoms with Crippen LogP contribution in [0.1, 0.15) is 18.4 Å². The number of carbonyl (C=O) groups excluding carboxylic acids is 1. The largest absolute Gasteiger partial charge is 0.302 e. The van der Waals surface area contributed by atoms with Crippen LogP contribution in [-0.4, -0.2) is 6.29 Å². The van der Waals surface area contributed by atoms with Crippen LogP contribution >= 0.6 is 27.5 Å². The number of aldehydes is 1. The smallest absolute Gasteiger partial charge is 0.130 e. The lowest BCUT2D eigenvalue weighted by Crippen LogP contribution is -2.07. The fraction of sp³-hybridized carbons (Fsp3) is 0.300. The van der Waals surface area contributed by atoms with Crippen molar-refractivity contribution in [2.24, 2.45) is 0 Å². The minimum absolute atomic E-state index is 0.201. The zero-order chi connectivity index (χ0) is 9.47. The maximum atomic E-state index is 10.8. The number of benzene rings is 1. The molecule has 1 saturated carbocycles. The maximum absolute atomic E-state index is 10.8. The second-order valence-corrected chi connectivity index (χ2v) is 4.66. The zero-order valence-electron chi connectivity index (χ0n) is 6.89. The quantitative estimate of drug-likeness (QED) is 0.745. The summed E-state index contributed by atoms with van der Waals surface area (Å²) in [6.07, 6.45) is 2.97. The summed E-state index contributed by atoms with van der Waals surface area (Å²) in [5.41, 5.74) is 0.867. The first-order valence-electron chi connectivity index (χ1n) is 4.10. The summed E-state index contributed by atoms with van der Waals surface area (Å²) in [6.45, 7) is 0.